The van der Waals surface area contributed by atoms with Crippen LogP contribution >= 0.6 is 11.6 Å². The minimum absolute atomic E-state index is 0.121. The summed E-state index contributed by atoms with van der Waals surface area (Å²) in [6.07, 6.45) is 13.0. The minimum atomic E-state index is -3.68. The number of pyridine rings is 1. The molecular weight excluding hydrogens is 420 g/mol. The number of carbonyl (C=O) groups is 1. The quantitative estimate of drug-likeness (QED) is 0.689. The van der Waals surface area contributed by atoms with Gasteiger partial charge in [0.2, 0.25) is 0 Å². The van der Waals surface area contributed by atoms with E-state index in [0.29, 0.717) is 16.7 Å². The van der Waals surface area contributed by atoms with Gasteiger partial charge in [0.25, 0.3) is 5.91 Å². The maximum Gasteiger partial charge on any atom is 0.253 e. The summed E-state index contributed by atoms with van der Waals surface area (Å²) in [5.74, 6) is -0.504. The fraction of sp³-hybridized carbons (Fsp3) is 0.304. The van der Waals surface area contributed by atoms with Crippen molar-refractivity contribution in [3.63, 3.8) is 0 Å². The molecule has 1 atom stereocenters. The van der Waals surface area contributed by atoms with Gasteiger partial charge in [-0.25, -0.2) is 8.42 Å². The summed E-state index contributed by atoms with van der Waals surface area (Å²) in [4.78, 5) is 17.1. The van der Waals surface area contributed by atoms with Gasteiger partial charge in [-0.05, 0) is 61.4 Å². The van der Waals surface area contributed by atoms with Crippen LogP contribution in [0.25, 0.3) is 0 Å². The average molecular weight is 443 g/mol. The Kier molecular flexibility index (Phi) is 5.55. The maximum atomic E-state index is 12.9. The van der Waals surface area contributed by atoms with Gasteiger partial charge in [-0.1, -0.05) is 42.0 Å². The third-order valence-corrected chi connectivity index (χ3v) is 7.93. The number of benzene rings is 1. The smallest absolute Gasteiger partial charge is 0.253 e. The van der Waals surface area contributed by atoms with Crippen LogP contribution in [0.4, 0.5) is 0 Å². The Labute approximate surface area is 181 Å². The number of aromatic nitrogens is 1. The second-order valence-corrected chi connectivity index (χ2v) is 10.2. The van der Waals surface area contributed by atoms with Crippen LogP contribution in [0.5, 0.6) is 0 Å². The number of fused-ring (bicyclic) bond motifs is 1. The van der Waals surface area contributed by atoms with Gasteiger partial charge in [-0.3, -0.25) is 9.78 Å². The Bertz CT molecular complexity index is 1150. The molecule has 1 N–H and O–H groups in total. The van der Waals surface area contributed by atoms with E-state index < -0.39 is 9.84 Å². The summed E-state index contributed by atoms with van der Waals surface area (Å²) >= 11 is 6.15. The lowest BCUT2D eigenvalue weighted by molar-refractivity contribution is 0.0932. The normalized spacial score (nSPS) is 23.3. The molecule has 1 aromatic heterocycles. The molecule has 4 rings (SSSR count). The molecule has 1 amide bonds. The standard InChI is InChI=1S/C23H23ClN2O3S/c1-16-7-6-9-20(24)21(16)30(28,29)15-17-11-18(14-25-13-17)22(27)26-23-10-5-3-2-4-8-19(23)12-23/h2-3,6-9,11,13-14H,4-5,10,12,15H2,1H3,(H,26,27)/b3-2+,19-8+. The van der Waals surface area contributed by atoms with Crippen LogP contribution in [-0.4, -0.2) is 24.8 Å². The van der Waals surface area contributed by atoms with E-state index in [9.17, 15) is 13.2 Å². The highest BCUT2D eigenvalue weighted by Crippen LogP contribution is 2.47. The summed E-state index contributed by atoms with van der Waals surface area (Å²) in [6.45, 7) is 1.71. The molecule has 1 fully saturated rings. The van der Waals surface area contributed by atoms with Crippen LogP contribution in [0.2, 0.25) is 5.02 Å². The third kappa shape index (κ3) is 4.20. The van der Waals surface area contributed by atoms with E-state index in [1.54, 1.807) is 31.2 Å². The first-order chi connectivity index (χ1) is 14.3. The first-order valence-electron chi connectivity index (χ1n) is 9.90. The maximum absolute atomic E-state index is 12.9. The monoisotopic (exact) mass is 442 g/mol. The molecular formula is C23H23ClN2O3S. The van der Waals surface area contributed by atoms with E-state index >= 15 is 0 Å². The van der Waals surface area contributed by atoms with Crippen LogP contribution in [0.15, 0.2) is 65.4 Å². The Morgan fingerprint density at radius 3 is 2.90 bits per heavy atom. The molecule has 7 heteroatoms. The summed E-state index contributed by atoms with van der Waals surface area (Å²) < 4.78 is 25.9. The second-order valence-electron chi connectivity index (χ2n) is 7.91. The summed E-state index contributed by atoms with van der Waals surface area (Å²) in [5.41, 5.74) is 2.40. The van der Waals surface area contributed by atoms with Gasteiger partial charge >= 0.3 is 0 Å². The molecule has 0 bridgehead atoms. The molecule has 0 saturated heterocycles. The van der Waals surface area contributed by atoms with Crippen molar-refractivity contribution in [2.45, 2.75) is 48.8 Å². The first-order valence-corrected chi connectivity index (χ1v) is 11.9. The van der Waals surface area contributed by atoms with E-state index in [1.807, 2.05) is 0 Å². The molecule has 0 radical (unpaired) electrons. The number of halogens is 1. The highest BCUT2D eigenvalue weighted by molar-refractivity contribution is 7.90. The topological polar surface area (TPSA) is 76.1 Å². The zero-order chi connectivity index (χ0) is 21.4. The van der Waals surface area contributed by atoms with Crippen LogP contribution in [0.3, 0.4) is 0 Å². The van der Waals surface area contributed by atoms with Gasteiger partial charge in [-0.2, -0.15) is 0 Å². The van der Waals surface area contributed by atoms with E-state index in [1.165, 1.54) is 18.0 Å². The van der Waals surface area contributed by atoms with E-state index in [2.05, 4.69) is 28.5 Å². The van der Waals surface area contributed by atoms with E-state index in [-0.39, 0.29) is 27.1 Å². The highest BCUT2D eigenvalue weighted by Gasteiger charge is 2.49. The Morgan fingerprint density at radius 2 is 2.10 bits per heavy atom. The molecule has 0 spiro atoms. The van der Waals surface area contributed by atoms with Crippen molar-refractivity contribution >= 4 is 27.3 Å². The van der Waals surface area contributed by atoms with Crippen molar-refractivity contribution in [1.82, 2.24) is 10.3 Å². The van der Waals surface area contributed by atoms with Gasteiger partial charge < -0.3 is 5.32 Å². The number of carbonyl (C=O) groups excluding carboxylic acids is 1. The van der Waals surface area contributed by atoms with Crippen LogP contribution < -0.4 is 5.32 Å². The number of nitrogens with one attached hydrogen (secondary N) is 1. The summed E-state index contributed by atoms with van der Waals surface area (Å²) in [6, 6.07) is 6.59. The zero-order valence-corrected chi connectivity index (χ0v) is 18.3. The predicted molar refractivity (Wildman–Crippen MR) is 117 cm³/mol. The second kappa shape index (κ2) is 8.00. The molecule has 1 heterocycles. The number of sulfone groups is 1. The molecule has 2 aliphatic rings. The van der Waals surface area contributed by atoms with Gasteiger partial charge in [-0.15, -0.1) is 0 Å². The molecule has 1 saturated carbocycles. The molecule has 1 aromatic carbocycles. The van der Waals surface area contributed by atoms with Crippen molar-refractivity contribution in [3.8, 4) is 0 Å². The van der Waals surface area contributed by atoms with Crippen molar-refractivity contribution in [1.29, 1.82) is 0 Å². The molecule has 30 heavy (non-hydrogen) atoms. The van der Waals surface area contributed by atoms with E-state index in [0.717, 1.165) is 25.7 Å². The largest absolute Gasteiger partial charge is 0.342 e. The fourth-order valence-electron chi connectivity index (χ4n) is 4.02. The number of amides is 1. The van der Waals surface area contributed by atoms with Crippen LogP contribution in [-0.2, 0) is 15.6 Å². The average Bonchev–Trinajstić information content (AvgIpc) is 3.32. The van der Waals surface area contributed by atoms with Crippen molar-refractivity contribution in [3.05, 3.63) is 82.2 Å². The molecule has 0 aliphatic heterocycles. The lowest BCUT2D eigenvalue weighted by Crippen LogP contribution is -2.37. The van der Waals surface area contributed by atoms with E-state index in [4.69, 9.17) is 11.6 Å². The molecule has 2 aliphatic carbocycles. The van der Waals surface area contributed by atoms with Gasteiger partial charge in [0.05, 0.1) is 26.8 Å². The molecule has 1 unspecified atom stereocenters. The molecule has 2 aromatic rings. The lowest BCUT2D eigenvalue weighted by Gasteiger charge is -2.17. The molecule has 156 valence electrons. The van der Waals surface area contributed by atoms with Crippen molar-refractivity contribution in [2.75, 3.05) is 0 Å². The number of hydrogen-bond donors (Lipinski definition) is 1. The Morgan fingerprint density at radius 1 is 1.27 bits per heavy atom. The fourth-order valence-corrected chi connectivity index (χ4v) is 6.26. The highest BCUT2D eigenvalue weighted by atomic mass is 35.5. The third-order valence-electron chi connectivity index (χ3n) is 5.63. The van der Waals surface area contributed by atoms with Crippen molar-refractivity contribution in [2.24, 2.45) is 0 Å². The predicted octanol–water partition coefficient (Wildman–Crippen LogP) is 4.56. The SMILES string of the molecule is Cc1cccc(Cl)c1S(=O)(=O)Cc1cncc(C(=O)NC23CC/C=C/C/C=C/2C3)c1. The number of aryl methyl sites for hydroxylation is 1. The van der Waals surface area contributed by atoms with Crippen LogP contribution in [0.1, 0.15) is 47.2 Å². The van der Waals surface area contributed by atoms with Gasteiger partial charge in [0.1, 0.15) is 0 Å². The number of rotatable bonds is 5. The van der Waals surface area contributed by atoms with Crippen LogP contribution in [0, 0.1) is 6.92 Å². The Balaban J connectivity index is 1.53. The van der Waals surface area contributed by atoms with Crippen molar-refractivity contribution < 1.29 is 13.2 Å². The van der Waals surface area contributed by atoms with Gasteiger partial charge in [0.15, 0.2) is 9.84 Å². The summed E-state index contributed by atoms with van der Waals surface area (Å²) in [7, 11) is -3.68. The summed E-state index contributed by atoms with van der Waals surface area (Å²) in [5, 5.41) is 3.34. The minimum Gasteiger partial charge on any atom is -0.342 e. The van der Waals surface area contributed by atoms with Gasteiger partial charge in [0, 0.05) is 12.4 Å². The zero-order valence-electron chi connectivity index (χ0n) is 16.7. The Hall–Kier alpha value is -2.44. The number of nitrogens with zero attached hydrogens (tertiary/aromatic N) is 1. The first kappa shape index (κ1) is 20.8. The number of allylic oxidation sites excluding steroid dienone is 3. The molecule has 5 nitrogen and oxygen atoms in total. The lowest BCUT2D eigenvalue weighted by atomic mass is 10.0. The number of hydrogen-bond acceptors (Lipinski definition) is 4.